The van der Waals surface area contributed by atoms with Crippen molar-refractivity contribution in [3.63, 3.8) is 0 Å². The van der Waals surface area contributed by atoms with Gasteiger partial charge in [0.05, 0.1) is 10.3 Å². The Bertz CT molecular complexity index is 1070. The van der Waals surface area contributed by atoms with Gasteiger partial charge in [0.2, 0.25) is 0 Å². The van der Waals surface area contributed by atoms with Crippen LogP contribution in [0.4, 0.5) is 10.1 Å². The summed E-state index contributed by atoms with van der Waals surface area (Å²) in [4.78, 5) is 33.1. The zero-order valence-electron chi connectivity index (χ0n) is 14.6. The summed E-state index contributed by atoms with van der Waals surface area (Å²) in [5.41, 5.74) is 1.21. The van der Waals surface area contributed by atoms with Crippen LogP contribution in [0.3, 0.4) is 0 Å². The van der Waals surface area contributed by atoms with Crippen LogP contribution in [-0.2, 0) is 13.0 Å². The van der Waals surface area contributed by atoms with Gasteiger partial charge >= 0.3 is 0 Å². The number of rotatable bonds is 2. The molecule has 0 fully saturated rings. The molecule has 0 saturated heterocycles. The number of carbonyl (C=O) groups is 1. The largest absolute Gasteiger partial charge is 0.311 e. The van der Waals surface area contributed by atoms with Crippen LogP contribution < -0.4 is 10.5 Å². The Hall–Kier alpha value is -2.54. The Balaban J connectivity index is 1.80. The molecule has 26 heavy (non-hydrogen) atoms. The normalized spacial score (nSPS) is 13.7. The van der Waals surface area contributed by atoms with Crippen molar-refractivity contribution in [3.8, 4) is 0 Å². The van der Waals surface area contributed by atoms with E-state index in [0.717, 1.165) is 25.1 Å². The number of aromatic nitrogens is 2. The third-order valence-corrected chi connectivity index (χ3v) is 6.05. The fraction of sp³-hybridized carbons (Fsp3) is 0.316. The first-order chi connectivity index (χ1) is 12.5. The highest BCUT2D eigenvalue weighted by Gasteiger charge is 2.24. The van der Waals surface area contributed by atoms with Crippen molar-refractivity contribution in [3.05, 3.63) is 56.7 Å². The van der Waals surface area contributed by atoms with Gasteiger partial charge in [-0.2, -0.15) is 0 Å². The molecule has 1 aromatic carbocycles. The number of nitrogens with zero attached hydrogens (tertiary/aromatic N) is 3. The van der Waals surface area contributed by atoms with E-state index >= 15 is 0 Å². The van der Waals surface area contributed by atoms with Gasteiger partial charge in [0.25, 0.3) is 11.5 Å². The molecule has 3 heterocycles. The predicted molar refractivity (Wildman–Crippen MR) is 101 cm³/mol. The topological polar surface area (TPSA) is 55.2 Å². The van der Waals surface area contributed by atoms with E-state index in [1.54, 1.807) is 30.7 Å². The average molecular weight is 371 g/mol. The number of fused-ring (bicyclic) bond motifs is 2. The fourth-order valence-corrected chi connectivity index (χ4v) is 4.54. The SMILES string of the molecule is Cc1c(C(=O)N(C)c2ccc(F)cc2)sc2nc3n(c(=O)c12)CCCC3. The summed E-state index contributed by atoms with van der Waals surface area (Å²) in [6.45, 7) is 2.48. The Morgan fingerprint density at radius 1 is 1.27 bits per heavy atom. The van der Waals surface area contributed by atoms with Crippen LogP contribution in [0.15, 0.2) is 29.1 Å². The van der Waals surface area contributed by atoms with Crippen LogP contribution in [-0.4, -0.2) is 22.5 Å². The van der Waals surface area contributed by atoms with Crippen LogP contribution in [0.25, 0.3) is 10.2 Å². The van der Waals surface area contributed by atoms with Crippen molar-refractivity contribution in [1.29, 1.82) is 0 Å². The van der Waals surface area contributed by atoms with E-state index in [2.05, 4.69) is 4.98 Å². The molecule has 0 atom stereocenters. The van der Waals surface area contributed by atoms with Gasteiger partial charge in [-0.1, -0.05) is 0 Å². The van der Waals surface area contributed by atoms with E-state index in [0.29, 0.717) is 32.9 Å². The minimum atomic E-state index is -0.351. The third kappa shape index (κ3) is 2.63. The molecule has 0 spiro atoms. The molecule has 0 aliphatic carbocycles. The van der Waals surface area contributed by atoms with E-state index < -0.39 is 0 Å². The second kappa shape index (κ2) is 6.32. The van der Waals surface area contributed by atoms with Crippen LogP contribution in [0, 0.1) is 12.7 Å². The minimum absolute atomic E-state index is 0.0538. The summed E-state index contributed by atoms with van der Waals surface area (Å²) in [5.74, 6) is 0.232. The number of carbonyl (C=O) groups excluding carboxylic acids is 1. The summed E-state index contributed by atoms with van der Waals surface area (Å²) >= 11 is 1.26. The zero-order chi connectivity index (χ0) is 18.4. The fourth-order valence-electron chi connectivity index (χ4n) is 3.37. The third-order valence-electron chi connectivity index (χ3n) is 4.87. The highest BCUT2D eigenvalue weighted by Crippen LogP contribution is 2.30. The highest BCUT2D eigenvalue weighted by molar-refractivity contribution is 7.20. The van der Waals surface area contributed by atoms with E-state index in [1.165, 1.54) is 28.4 Å². The molecule has 1 amide bonds. The number of benzene rings is 1. The molecule has 0 radical (unpaired) electrons. The molecule has 134 valence electrons. The Labute approximate surface area is 153 Å². The van der Waals surface area contributed by atoms with Gasteiger partial charge in [0, 0.05) is 25.7 Å². The summed E-state index contributed by atoms with van der Waals surface area (Å²) in [6, 6.07) is 5.75. The molecule has 0 unspecified atom stereocenters. The molecule has 4 rings (SSSR count). The van der Waals surface area contributed by atoms with E-state index in [1.807, 2.05) is 0 Å². The first kappa shape index (κ1) is 16.9. The number of halogens is 1. The number of aryl methyl sites for hydroxylation is 2. The molecule has 1 aliphatic rings. The molecule has 1 aliphatic heterocycles. The van der Waals surface area contributed by atoms with Crippen LogP contribution in [0.2, 0.25) is 0 Å². The van der Waals surface area contributed by atoms with E-state index in [-0.39, 0.29) is 17.3 Å². The van der Waals surface area contributed by atoms with Crippen LogP contribution >= 0.6 is 11.3 Å². The highest BCUT2D eigenvalue weighted by atomic mass is 32.1. The monoisotopic (exact) mass is 371 g/mol. The average Bonchev–Trinajstić information content (AvgIpc) is 2.98. The van der Waals surface area contributed by atoms with Gasteiger partial charge in [0.1, 0.15) is 16.5 Å². The first-order valence-corrected chi connectivity index (χ1v) is 9.35. The number of anilines is 1. The van der Waals surface area contributed by atoms with Crippen molar-refractivity contribution in [2.24, 2.45) is 0 Å². The second-order valence-corrected chi connectivity index (χ2v) is 7.52. The Kier molecular flexibility index (Phi) is 4.11. The van der Waals surface area contributed by atoms with Crippen molar-refractivity contribution >= 4 is 33.1 Å². The van der Waals surface area contributed by atoms with Gasteiger partial charge in [-0.3, -0.25) is 14.2 Å². The molecule has 7 heteroatoms. The molecule has 0 saturated carbocycles. The number of hydrogen-bond acceptors (Lipinski definition) is 4. The van der Waals surface area contributed by atoms with Gasteiger partial charge in [-0.25, -0.2) is 9.37 Å². The molecular weight excluding hydrogens is 353 g/mol. The molecule has 0 bridgehead atoms. The molecule has 5 nitrogen and oxygen atoms in total. The van der Waals surface area contributed by atoms with Crippen LogP contribution in [0.1, 0.15) is 33.9 Å². The lowest BCUT2D eigenvalue weighted by Crippen LogP contribution is -2.28. The number of thiophene rings is 1. The lowest BCUT2D eigenvalue weighted by Gasteiger charge is -2.17. The van der Waals surface area contributed by atoms with Gasteiger partial charge < -0.3 is 4.90 Å². The number of amides is 1. The van der Waals surface area contributed by atoms with Crippen LogP contribution in [0.5, 0.6) is 0 Å². The molecular formula is C19H18FN3O2S. The first-order valence-electron chi connectivity index (χ1n) is 8.54. The molecule has 2 aromatic heterocycles. The predicted octanol–water partition coefficient (Wildman–Crippen LogP) is 3.52. The maximum atomic E-state index is 13.1. The lowest BCUT2D eigenvalue weighted by atomic mass is 10.1. The molecule has 3 aromatic rings. The smallest absolute Gasteiger partial charge is 0.268 e. The van der Waals surface area contributed by atoms with Gasteiger partial charge in [0.15, 0.2) is 0 Å². The van der Waals surface area contributed by atoms with Crippen molar-refractivity contribution in [1.82, 2.24) is 9.55 Å². The molecule has 0 N–H and O–H groups in total. The second-order valence-electron chi connectivity index (χ2n) is 6.52. The van der Waals surface area contributed by atoms with Crippen molar-refractivity contribution < 1.29 is 9.18 Å². The Morgan fingerprint density at radius 2 is 2.00 bits per heavy atom. The quantitative estimate of drug-likeness (QED) is 0.693. The zero-order valence-corrected chi connectivity index (χ0v) is 15.4. The lowest BCUT2D eigenvalue weighted by molar-refractivity contribution is 0.0996. The maximum Gasteiger partial charge on any atom is 0.268 e. The Morgan fingerprint density at radius 3 is 2.73 bits per heavy atom. The summed E-state index contributed by atoms with van der Waals surface area (Å²) < 4.78 is 14.9. The van der Waals surface area contributed by atoms with E-state index in [9.17, 15) is 14.0 Å². The summed E-state index contributed by atoms with van der Waals surface area (Å²) in [5, 5.41) is 0.538. The maximum absolute atomic E-state index is 13.1. The standard InChI is InChI=1S/C19H18FN3O2S/c1-11-15-17(21-14-5-3-4-10-23(14)18(15)24)26-16(11)19(25)22(2)13-8-6-12(20)7-9-13/h6-9H,3-5,10H2,1-2H3. The van der Waals surface area contributed by atoms with Crippen molar-refractivity contribution in [2.75, 3.05) is 11.9 Å². The minimum Gasteiger partial charge on any atom is -0.311 e. The van der Waals surface area contributed by atoms with Crippen molar-refractivity contribution in [2.45, 2.75) is 32.7 Å². The number of hydrogen-bond donors (Lipinski definition) is 0. The summed E-state index contributed by atoms with van der Waals surface area (Å²) in [6.07, 6.45) is 2.80. The van der Waals surface area contributed by atoms with Gasteiger partial charge in [-0.05, 0) is 49.6 Å². The van der Waals surface area contributed by atoms with Gasteiger partial charge in [-0.15, -0.1) is 11.3 Å². The summed E-state index contributed by atoms with van der Waals surface area (Å²) in [7, 11) is 1.64. The van der Waals surface area contributed by atoms with E-state index in [4.69, 9.17) is 0 Å².